The Hall–Kier alpha value is -2.02. The third-order valence-electron chi connectivity index (χ3n) is 3.33. The van der Waals surface area contributed by atoms with E-state index in [1.165, 1.54) is 23.5 Å². The van der Waals surface area contributed by atoms with Crippen molar-refractivity contribution in [3.8, 4) is 0 Å². The molecular formula is C14H15FN4OS. The zero-order valence-corrected chi connectivity index (χ0v) is 12.4. The minimum absolute atomic E-state index is 0.0364. The lowest BCUT2D eigenvalue weighted by atomic mass is 10.0. The molecule has 0 fully saturated rings. The van der Waals surface area contributed by atoms with Crippen LogP contribution in [0.4, 0.5) is 15.2 Å². The topological polar surface area (TPSA) is 58.1 Å². The molecule has 1 aromatic heterocycles. The number of amides is 1. The third-order valence-corrected chi connectivity index (χ3v) is 4.20. The summed E-state index contributed by atoms with van der Waals surface area (Å²) in [5.41, 5.74) is 1.64. The summed E-state index contributed by atoms with van der Waals surface area (Å²) in [4.78, 5) is 13.8. The number of hydrogen-bond acceptors (Lipinski definition) is 5. The van der Waals surface area contributed by atoms with Crippen molar-refractivity contribution in [2.24, 2.45) is 0 Å². The molecule has 1 N–H and O–H groups in total. The third kappa shape index (κ3) is 2.87. The number of nitrogens with one attached hydrogen (secondary N) is 1. The van der Waals surface area contributed by atoms with Crippen molar-refractivity contribution in [3.63, 3.8) is 0 Å². The van der Waals surface area contributed by atoms with Crippen LogP contribution < -0.4 is 10.2 Å². The minimum atomic E-state index is -0.270. The van der Waals surface area contributed by atoms with E-state index in [0.29, 0.717) is 19.4 Å². The second kappa shape index (κ2) is 5.77. The summed E-state index contributed by atoms with van der Waals surface area (Å²) in [5.74, 6) is -0.234. The van der Waals surface area contributed by atoms with Gasteiger partial charge in [-0.2, -0.15) is 0 Å². The highest BCUT2D eigenvalue weighted by molar-refractivity contribution is 7.15. The molecule has 1 aliphatic heterocycles. The van der Waals surface area contributed by atoms with Gasteiger partial charge in [-0.15, -0.1) is 10.2 Å². The summed E-state index contributed by atoms with van der Waals surface area (Å²) in [6.45, 7) is 3.14. The van der Waals surface area contributed by atoms with Crippen LogP contribution in [0.2, 0.25) is 0 Å². The van der Waals surface area contributed by atoms with Crippen LogP contribution in [0.5, 0.6) is 0 Å². The van der Waals surface area contributed by atoms with Crippen LogP contribution in [0.1, 0.15) is 23.9 Å². The zero-order chi connectivity index (χ0) is 14.8. The van der Waals surface area contributed by atoms with Crippen molar-refractivity contribution in [1.29, 1.82) is 0 Å². The number of carbonyl (C=O) groups is 1. The van der Waals surface area contributed by atoms with Gasteiger partial charge in [-0.25, -0.2) is 4.39 Å². The van der Waals surface area contributed by atoms with Crippen molar-refractivity contribution in [2.45, 2.75) is 26.3 Å². The number of hydrogen-bond donors (Lipinski definition) is 1. The van der Waals surface area contributed by atoms with Gasteiger partial charge in [-0.05, 0) is 37.1 Å². The Morgan fingerprint density at radius 2 is 2.24 bits per heavy atom. The smallest absolute Gasteiger partial charge is 0.227 e. The van der Waals surface area contributed by atoms with E-state index in [1.54, 1.807) is 11.0 Å². The normalized spacial score (nSPS) is 14.2. The lowest BCUT2D eigenvalue weighted by Gasteiger charge is -2.28. The molecule has 0 atom stereocenters. The van der Waals surface area contributed by atoms with Gasteiger partial charge < -0.3 is 10.2 Å². The Labute approximate surface area is 125 Å². The summed E-state index contributed by atoms with van der Waals surface area (Å²) in [6, 6.07) is 4.54. The van der Waals surface area contributed by atoms with Crippen LogP contribution in [-0.2, 0) is 17.8 Å². The van der Waals surface area contributed by atoms with Gasteiger partial charge in [0.05, 0.1) is 6.54 Å². The van der Waals surface area contributed by atoms with Gasteiger partial charge >= 0.3 is 0 Å². The molecule has 0 bridgehead atoms. The second-order valence-electron chi connectivity index (χ2n) is 4.78. The summed E-state index contributed by atoms with van der Waals surface area (Å²) >= 11 is 1.43. The Kier molecular flexibility index (Phi) is 3.83. The van der Waals surface area contributed by atoms with Gasteiger partial charge in [0.1, 0.15) is 10.8 Å². The average Bonchev–Trinajstić information content (AvgIpc) is 2.90. The lowest BCUT2D eigenvalue weighted by Crippen LogP contribution is -2.34. The average molecular weight is 306 g/mol. The molecule has 1 aliphatic rings. The standard InChI is InChI=1S/C14H15FN4OS/c1-2-16-14-18-17-12(21-14)8-19-11-5-4-10(15)7-9(11)3-6-13(19)20/h4-5,7H,2-3,6,8H2,1H3,(H,16,18). The number of nitrogens with zero attached hydrogens (tertiary/aromatic N) is 3. The fourth-order valence-electron chi connectivity index (χ4n) is 2.38. The number of carbonyl (C=O) groups excluding carboxylic acids is 1. The van der Waals surface area contributed by atoms with Crippen molar-refractivity contribution in [2.75, 3.05) is 16.8 Å². The predicted octanol–water partition coefficient (Wildman–Crippen LogP) is 2.59. The summed E-state index contributed by atoms with van der Waals surface area (Å²) in [5, 5.41) is 12.7. The first kappa shape index (κ1) is 13.9. The Balaban J connectivity index is 1.85. The van der Waals surface area contributed by atoms with Gasteiger partial charge in [0.2, 0.25) is 11.0 Å². The van der Waals surface area contributed by atoms with Gasteiger partial charge in [0.15, 0.2) is 0 Å². The van der Waals surface area contributed by atoms with Crippen LogP contribution in [0.3, 0.4) is 0 Å². The highest BCUT2D eigenvalue weighted by Crippen LogP contribution is 2.30. The molecule has 7 heteroatoms. The maximum absolute atomic E-state index is 13.3. The largest absolute Gasteiger partial charge is 0.360 e. The molecule has 0 saturated carbocycles. The van der Waals surface area contributed by atoms with E-state index in [0.717, 1.165) is 27.9 Å². The van der Waals surface area contributed by atoms with Crippen molar-refractivity contribution < 1.29 is 9.18 Å². The molecule has 2 aromatic rings. The van der Waals surface area contributed by atoms with Crippen molar-refractivity contribution >= 4 is 28.1 Å². The Morgan fingerprint density at radius 1 is 1.38 bits per heavy atom. The summed E-state index contributed by atoms with van der Waals surface area (Å²) in [6.07, 6.45) is 0.983. The van der Waals surface area contributed by atoms with Gasteiger partial charge in [-0.3, -0.25) is 4.79 Å². The van der Waals surface area contributed by atoms with E-state index < -0.39 is 0 Å². The molecule has 1 aromatic carbocycles. The second-order valence-corrected chi connectivity index (χ2v) is 5.85. The molecule has 5 nitrogen and oxygen atoms in total. The number of aromatic nitrogens is 2. The number of anilines is 2. The highest BCUT2D eigenvalue weighted by atomic mass is 32.1. The molecule has 2 heterocycles. The van der Waals surface area contributed by atoms with Gasteiger partial charge in [-0.1, -0.05) is 11.3 Å². The van der Waals surface area contributed by atoms with E-state index >= 15 is 0 Å². The molecule has 110 valence electrons. The van der Waals surface area contributed by atoms with Crippen molar-refractivity contribution in [3.05, 3.63) is 34.6 Å². The molecule has 0 radical (unpaired) electrons. The number of fused-ring (bicyclic) bond motifs is 1. The van der Waals surface area contributed by atoms with Crippen LogP contribution in [0, 0.1) is 5.82 Å². The SMILES string of the molecule is CCNc1nnc(CN2C(=O)CCc3cc(F)ccc32)s1. The first-order valence-corrected chi connectivity index (χ1v) is 7.64. The molecule has 3 rings (SSSR count). The number of rotatable bonds is 4. The first-order chi connectivity index (χ1) is 10.2. The van der Waals surface area contributed by atoms with Crippen LogP contribution in [0.25, 0.3) is 0 Å². The fraction of sp³-hybridized carbons (Fsp3) is 0.357. The number of halogens is 1. The highest BCUT2D eigenvalue weighted by Gasteiger charge is 2.25. The Morgan fingerprint density at radius 3 is 3.05 bits per heavy atom. The quantitative estimate of drug-likeness (QED) is 0.943. The summed E-state index contributed by atoms with van der Waals surface area (Å²) in [7, 11) is 0. The molecule has 21 heavy (non-hydrogen) atoms. The molecule has 1 amide bonds. The number of aryl methyl sites for hydroxylation is 1. The lowest BCUT2D eigenvalue weighted by molar-refractivity contribution is -0.119. The Bertz CT molecular complexity index is 673. The monoisotopic (exact) mass is 306 g/mol. The molecule has 0 aliphatic carbocycles. The first-order valence-electron chi connectivity index (χ1n) is 6.82. The zero-order valence-electron chi connectivity index (χ0n) is 11.6. The molecular weight excluding hydrogens is 291 g/mol. The van der Waals surface area contributed by atoms with E-state index in [9.17, 15) is 9.18 Å². The maximum Gasteiger partial charge on any atom is 0.227 e. The maximum atomic E-state index is 13.3. The predicted molar refractivity (Wildman–Crippen MR) is 80.0 cm³/mol. The summed E-state index contributed by atoms with van der Waals surface area (Å²) < 4.78 is 13.3. The van der Waals surface area contributed by atoms with Gasteiger partial charge in [0.25, 0.3) is 0 Å². The van der Waals surface area contributed by atoms with E-state index in [1.807, 2.05) is 6.92 Å². The number of benzene rings is 1. The van der Waals surface area contributed by atoms with E-state index in [4.69, 9.17) is 0 Å². The molecule has 0 saturated heterocycles. The van der Waals surface area contributed by atoms with Gasteiger partial charge in [0, 0.05) is 18.7 Å². The van der Waals surface area contributed by atoms with Crippen LogP contribution >= 0.6 is 11.3 Å². The van der Waals surface area contributed by atoms with Crippen molar-refractivity contribution in [1.82, 2.24) is 10.2 Å². The van der Waals surface area contributed by atoms with E-state index in [2.05, 4.69) is 15.5 Å². The van der Waals surface area contributed by atoms with Crippen LogP contribution in [-0.4, -0.2) is 22.6 Å². The van der Waals surface area contributed by atoms with E-state index in [-0.39, 0.29) is 11.7 Å². The fourth-order valence-corrected chi connectivity index (χ4v) is 3.17. The minimum Gasteiger partial charge on any atom is -0.360 e. The molecule has 0 spiro atoms. The van der Waals surface area contributed by atoms with Crippen LogP contribution in [0.15, 0.2) is 18.2 Å². The molecule has 0 unspecified atom stereocenters.